The van der Waals surface area contributed by atoms with Crippen LogP contribution in [0.1, 0.15) is 17.0 Å². The van der Waals surface area contributed by atoms with E-state index in [-0.39, 0.29) is 19.1 Å². The Labute approximate surface area is 174 Å². The number of aliphatic carboxylic acids is 1. The van der Waals surface area contributed by atoms with Gasteiger partial charge in [0.2, 0.25) is 0 Å². The Morgan fingerprint density at radius 1 is 1.07 bits per heavy atom. The number of likely N-dealkylation sites (N-methyl/N-ethyl adjacent to an activating group) is 1. The van der Waals surface area contributed by atoms with E-state index in [0.29, 0.717) is 0 Å². The summed E-state index contributed by atoms with van der Waals surface area (Å²) in [6, 6.07) is 16.0. The van der Waals surface area contributed by atoms with Crippen LogP contribution in [0.25, 0.3) is 11.1 Å². The third kappa shape index (κ3) is 4.60. The first-order chi connectivity index (χ1) is 14.4. The highest BCUT2D eigenvalue weighted by atomic mass is 16.5. The van der Waals surface area contributed by atoms with E-state index in [1.54, 1.807) is 0 Å². The molecule has 1 atom stereocenters. The van der Waals surface area contributed by atoms with E-state index >= 15 is 0 Å². The smallest absolute Gasteiger partial charge is 0.407 e. The van der Waals surface area contributed by atoms with Crippen molar-refractivity contribution in [3.05, 3.63) is 59.7 Å². The molecular formula is C22H24N2O6. The topological polar surface area (TPSA) is 105 Å². The van der Waals surface area contributed by atoms with Crippen LogP contribution in [-0.4, -0.2) is 67.9 Å². The van der Waals surface area contributed by atoms with Crippen molar-refractivity contribution in [2.24, 2.45) is 0 Å². The quantitative estimate of drug-likeness (QED) is 0.688. The van der Waals surface area contributed by atoms with Gasteiger partial charge in [-0.25, -0.2) is 4.79 Å². The van der Waals surface area contributed by atoms with Gasteiger partial charge < -0.3 is 24.8 Å². The summed E-state index contributed by atoms with van der Waals surface area (Å²) in [5.41, 5.74) is 4.47. The van der Waals surface area contributed by atoms with Crippen LogP contribution in [0.3, 0.4) is 0 Å². The number of methoxy groups -OCH3 is 1. The van der Waals surface area contributed by atoms with Crippen LogP contribution in [0.5, 0.6) is 0 Å². The number of rotatable bonds is 8. The van der Waals surface area contributed by atoms with E-state index in [4.69, 9.17) is 14.6 Å². The summed E-state index contributed by atoms with van der Waals surface area (Å²) >= 11 is 0. The number of benzene rings is 2. The fourth-order valence-corrected chi connectivity index (χ4v) is 3.62. The molecule has 30 heavy (non-hydrogen) atoms. The van der Waals surface area contributed by atoms with Crippen LogP contribution in [0.15, 0.2) is 48.5 Å². The van der Waals surface area contributed by atoms with Crippen LogP contribution in [-0.2, 0) is 19.1 Å². The lowest BCUT2D eigenvalue weighted by Crippen LogP contribution is -2.46. The molecule has 0 fully saturated rings. The minimum absolute atomic E-state index is 0.0651. The second-order valence-electron chi connectivity index (χ2n) is 7.02. The highest BCUT2D eigenvalue weighted by Gasteiger charge is 2.29. The van der Waals surface area contributed by atoms with Crippen molar-refractivity contribution in [2.45, 2.75) is 12.0 Å². The number of nitrogens with zero attached hydrogens (tertiary/aromatic N) is 1. The first-order valence-electron chi connectivity index (χ1n) is 9.50. The van der Waals surface area contributed by atoms with Crippen LogP contribution in [0, 0.1) is 0 Å². The molecule has 0 aromatic heterocycles. The minimum atomic E-state index is -1.13. The lowest BCUT2D eigenvalue weighted by atomic mass is 9.98. The second kappa shape index (κ2) is 9.41. The predicted molar refractivity (Wildman–Crippen MR) is 109 cm³/mol. The lowest BCUT2D eigenvalue weighted by molar-refractivity contribution is -0.148. The third-order valence-corrected chi connectivity index (χ3v) is 5.08. The predicted octanol–water partition coefficient (Wildman–Crippen LogP) is 2.08. The average molecular weight is 412 g/mol. The molecule has 1 aliphatic rings. The lowest BCUT2D eigenvalue weighted by Gasteiger charge is -2.21. The Morgan fingerprint density at radius 2 is 1.63 bits per heavy atom. The summed E-state index contributed by atoms with van der Waals surface area (Å²) in [4.78, 5) is 36.2. The molecule has 8 nitrogen and oxygen atoms in total. The molecule has 1 unspecified atom stereocenters. The third-order valence-electron chi connectivity index (χ3n) is 5.08. The van der Waals surface area contributed by atoms with Gasteiger partial charge in [0, 0.05) is 20.1 Å². The number of carboxylic acid groups (broad SMARTS) is 1. The number of nitrogens with one attached hydrogen (secondary N) is 1. The molecule has 0 heterocycles. The van der Waals surface area contributed by atoms with Gasteiger partial charge in [0.05, 0.1) is 6.54 Å². The maximum Gasteiger partial charge on any atom is 0.407 e. The van der Waals surface area contributed by atoms with Crippen LogP contribution < -0.4 is 5.32 Å². The second-order valence-corrected chi connectivity index (χ2v) is 7.02. The van der Waals surface area contributed by atoms with Gasteiger partial charge in [0.15, 0.2) is 6.10 Å². The molecule has 0 aliphatic heterocycles. The van der Waals surface area contributed by atoms with Gasteiger partial charge >= 0.3 is 12.1 Å². The number of alkyl carbamates (subject to hydrolysis) is 1. The Hall–Kier alpha value is -3.39. The summed E-state index contributed by atoms with van der Waals surface area (Å²) in [7, 11) is 2.67. The van der Waals surface area contributed by atoms with Gasteiger partial charge in [0.1, 0.15) is 13.2 Å². The van der Waals surface area contributed by atoms with E-state index < -0.39 is 30.6 Å². The summed E-state index contributed by atoms with van der Waals surface area (Å²) in [5.74, 6) is -1.74. The van der Waals surface area contributed by atoms with Crippen molar-refractivity contribution in [3.63, 3.8) is 0 Å². The maximum absolute atomic E-state index is 12.2. The van der Waals surface area contributed by atoms with Crippen molar-refractivity contribution in [1.82, 2.24) is 10.2 Å². The van der Waals surface area contributed by atoms with Crippen molar-refractivity contribution in [1.29, 1.82) is 0 Å². The highest BCUT2D eigenvalue weighted by Crippen LogP contribution is 2.44. The maximum atomic E-state index is 12.2. The SMILES string of the molecule is COC(CNC(=O)OCC1c2ccccc2-c2ccccc21)C(=O)N(C)CC(=O)O. The van der Waals surface area contributed by atoms with Gasteiger partial charge in [0.25, 0.3) is 5.91 Å². The van der Waals surface area contributed by atoms with Crippen LogP contribution in [0.2, 0.25) is 0 Å². The van der Waals surface area contributed by atoms with Gasteiger partial charge in [-0.05, 0) is 22.3 Å². The largest absolute Gasteiger partial charge is 0.480 e. The van der Waals surface area contributed by atoms with Crippen molar-refractivity contribution in [2.75, 3.05) is 33.9 Å². The molecule has 8 heteroatoms. The molecule has 0 spiro atoms. The first kappa shape index (κ1) is 21.3. The average Bonchev–Trinajstić information content (AvgIpc) is 3.06. The summed E-state index contributed by atoms with van der Waals surface area (Å²) in [5, 5.41) is 11.3. The fraction of sp³-hybridized carbons (Fsp3) is 0.318. The summed E-state index contributed by atoms with van der Waals surface area (Å²) in [6.07, 6.45) is -1.68. The van der Waals surface area contributed by atoms with Crippen molar-refractivity contribution < 1.29 is 29.0 Å². The molecule has 0 bridgehead atoms. The standard InChI is InChI=1S/C22H24N2O6/c1-24(12-20(25)26)21(27)19(29-2)11-23-22(28)30-13-18-16-9-5-3-7-14(16)15-8-4-6-10-17(15)18/h3-10,18-19H,11-13H2,1-2H3,(H,23,28)(H,25,26). The van der Waals surface area contributed by atoms with E-state index in [1.807, 2.05) is 36.4 Å². The number of carboxylic acids is 1. The Morgan fingerprint density at radius 3 is 2.17 bits per heavy atom. The molecule has 158 valence electrons. The summed E-state index contributed by atoms with van der Waals surface area (Å²) < 4.78 is 10.5. The fourth-order valence-electron chi connectivity index (χ4n) is 3.62. The molecule has 0 saturated heterocycles. The normalized spacial score (nSPS) is 13.1. The molecule has 1 aliphatic carbocycles. The van der Waals surface area contributed by atoms with Crippen molar-refractivity contribution >= 4 is 18.0 Å². The minimum Gasteiger partial charge on any atom is -0.480 e. The van der Waals surface area contributed by atoms with E-state index in [0.717, 1.165) is 27.2 Å². The number of ether oxygens (including phenoxy) is 2. The zero-order valence-electron chi connectivity index (χ0n) is 16.8. The summed E-state index contributed by atoms with van der Waals surface area (Å²) in [6.45, 7) is -0.427. The van der Waals surface area contributed by atoms with E-state index in [2.05, 4.69) is 17.4 Å². The molecule has 3 rings (SSSR count). The van der Waals surface area contributed by atoms with Gasteiger partial charge in [-0.3, -0.25) is 9.59 Å². The molecule has 2 amide bonds. The highest BCUT2D eigenvalue weighted by molar-refractivity contribution is 5.85. The van der Waals surface area contributed by atoms with Crippen LogP contribution >= 0.6 is 0 Å². The number of carbonyl (C=O) groups excluding carboxylic acids is 2. The molecule has 2 aromatic carbocycles. The van der Waals surface area contributed by atoms with Crippen LogP contribution in [0.4, 0.5) is 4.79 Å². The van der Waals surface area contributed by atoms with E-state index in [1.165, 1.54) is 14.2 Å². The Kier molecular flexibility index (Phi) is 6.68. The Bertz CT molecular complexity index is 899. The zero-order chi connectivity index (χ0) is 21.7. The molecule has 2 aromatic rings. The molecular weight excluding hydrogens is 388 g/mol. The monoisotopic (exact) mass is 412 g/mol. The Balaban J connectivity index is 1.57. The van der Waals surface area contributed by atoms with E-state index in [9.17, 15) is 14.4 Å². The number of carbonyl (C=O) groups is 3. The van der Waals surface area contributed by atoms with Gasteiger partial charge in [-0.1, -0.05) is 48.5 Å². The van der Waals surface area contributed by atoms with Gasteiger partial charge in [-0.2, -0.15) is 0 Å². The molecule has 0 saturated carbocycles. The zero-order valence-corrected chi connectivity index (χ0v) is 16.8. The first-order valence-corrected chi connectivity index (χ1v) is 9.50. The van der Waals surface area contributed by atoms with Crippen molar-refractivity contribution in [3.8, 4) is 11.1 Å². The number of hydrogen-bond acceptors (Lipinski definition) is 5. The molecule has 2 N–H and O–H groups in total. The molecule has 0 radical (unpaired) electrons. The number of fused-ring (bicyclic) bond motifs is 3. The van der Waals surface area contributed by atoms with Gasteiger partial charge in [-0.15, -0.1) is 0 Å². The number of hydrogen-bond donors (Lipinski definition) is 2. The number of amides is 2.